The van der Waals surface area contributed by atoms with Crippen LogP contribution in [0.2, 0.25) is 0 Å². The molecule has 0 saturated carbocycles. The molecule has 3 heterocycles. The Morgan fingerprint density at radius 2 is 1.36 bits per heavy atom. The molecule has 0 unspecified atom stereocenters. The lowest BCUT2D eigenvalue weighted by Gasteiger charge is -2.35. The third kappa shape index (κ3) is 5.67. The Balaban J connectivity index is 1.35. The molecule has 2 aromatic rings. The van der Waals surface area contributed by atoms with Gasteiger partial charge in [0.05, 0.1) is 4.90 Å². The first-order chi connectivity index (χ1) is 15.6. The Bertz CT molecular complexity index is 1030. The Labute approximate surface area is 191 Å². The Morgan fingerprint density at radius 1 is 0.848 bits per heavy atom. The fourth-order valence-corrected chi connectivity index (χ4v) is 5.44. The largest absolute Gasteiger partial charge is 0.573 e. The standard InChI is InChI=1S/C21H26F3N5O3S/c1-16-8-10-27(11-9-16)19-6-7-20(26-25-19)28-12-14-29(15-13-28)33(30,31)18-4-2-17(3-5-18)32-21(22,23)24/h2-7,16H,8-15H2,1H3. The molecule has 12 heteroatoms. The number of piperidine rings is 1. The average molecular weight is 486 g/mol. The number of hydrogen-bond acceptors (Lipinski definition) is 7. The number of nitrogens with zero attached hydrogens (tertiary/aromatic N) is 5. The van der Waals surface area contributed by atoms with E-state index < -0.39 is 22.1 Å². The van der Waals surface area contributed by atoms with Gasteiger partial charge in [0.2, 0.25) is 10.0 Å². The molecule has 180 valence electrons. The van der Waals surface area contributed by atoms with E-state index >= 15 is 0 Å². The molecule has 2 aliphatic heterocycles. The summed E-state index contributed by atoms with van der Waals surface area (Å²) in [5.74, 6) is 1.80. The van der Waals surface area contributed by atoms with Gasteiger partial charge in [-0.25, -0.2) is 8.42 Å². The molecule has 8 nitrogen and oxygen atoms in total. The first-order valence-corrected chi connectivity index (χ1v) is 12.3. The van der Waals surface area contributed by atoms with Crippen LogP contribution in [0.4, 0.5) is 24.8 Å². The van der Waals surface area contributed by atoms with Gasteiger partial charge in [-0.1, -0.05) is 6.92 Å². The second-order valence-corrected chi connectivity index (χ2v) is 10.3. The van der Waals surface area contributed by atoms with Crippen LogP contribution >= 0.6 is 0 Å². The maximum atomic E-state index is 12.9. The molecule has 0 aliphatic carbocycles. The lowest BCUT2D eigenvalue weighted by atomic mass is 9.99. The molecule has 0 radical (unpaired) electrons. The molecule has 2 saturated heterocycles. The summed E-state index contributed by atoms with van der Waals surface area (Å²) in [6, 6.07) is 8.09. The van der Waals surface area contributed by atoms with Crippen LogP contribution in [0.25, 0.3) is 0 Å². The number of halogens is 3. The third-order valence-corrected chi connectivity index (χ3v) is 7.91. The van der Waals surface area contributed by atoms with Crippen LogP contribution < -0.4 is 14.5 Å². The van der Waals surface area contributed by atoms with E-state index in [2.05, 4.69) is 26.8 Å². The fraction of sp³-hybridized carbons (Fsp3) is 0.524. The van der Waals surface area contributed by atoms with Crippen molar-refractivity contribution >= 4 is 21.7 Å². The van der Waals surface area contributed by atoms with Crippen molar-refractivity contribution in [3.05, 3.63) is 36.4 Å². The number of anilines is 2. The maximum Gasteiger partial charge on any atom is 0.573 e. The van der Waals surface area contributed by atoms with Gasteiger partial charge in [-0.15, -0.1) is 23.4 Å². The minimum Gasteiger partial charge on any atom is -0.406 e. The van der Waals surface area contributed by atoms with Crippen molar-refractivity contribution in [2.75, 3.05) is 49.1 Å². The van der Waals surface area contributed by atoms with Crippen molar-refractivity contribution in [3.8, 4) is 5.75 Å². The maximum absolute atomic E-state index is 12.9. The predicted molar refractivity (Wildman–Crippen MR) is 117 cm³/mol. The van der Waals surface area contributed by atoms with Crippen LogP contribution in [0.3, 0.4) is 0 Å². The summed E-state index contributed by atoms with van der Waals surface area (Å²) in [4.78, 5) is 4.12. The van der Waals surface area contributed by atoms with E-state index in [1.165, 1.54) is 4.31 Å². The molecule has 0 bridgehead atoms. The number of alkyl halides is 3. The van der Waals surface area contributed by atoms with Crippen LogP contribution in [-0.2, 0) is 10.0 Å². The second-order valence-electron chi connectivity index (χ2n) is 8.33. The van der Waals surface area contributed by atoms with Gasteiger partial charge >= 0.3 is 6.36 Å². The van der Waals surface area contributed by atoms with Gasteiger partial charge < -0.3 is 14.5 Å². The van der Waals surface area contributed by atoms with E-state index in [1.54, 1.807) is 0 Å². The SMILES string of the molecule is CC1CCN(c2ccc(N3CCN(S(=O)(=O)c4ccc(OC(F)(F)F)cc4)CC3)nn2)CC1. The summed E-state index contributed by atoms with van der Waals surface area (Å²) < 4.78 is 67.8. The van der Waals surface area contributed by atoms with E-state index in [4.69, 9.17) is 0 Å². The van der Waals surface area contributed by atoms with Gasteiger partial charge in [-0.2, -0.15) is 4.31 Å². The number of ether oxygens (including phenoxy) is 1. The fourth-order valence-electron chi connectivity index (χ4n) is 4.01. The lowest BCUT2D eigenvalue weighted by Crippen LogP contribution is -2.49. The summed E-state index contributed by atoms with van der Waals surface area (Å²) in [5, 5.41) is 8.70. The summed E-state index contributed by atoms with van der Waals surface area (Å²) >= 11 is 0. The van der Waals surface area contributed by atoms with Crippen molar-refractivity contribution in [3.63, 3.8) is 0 Å². The molecule has 2 fully saturated rings. The summed E-state index contributed by atoms with van der Waals surface area (Å²) in [6.07, 6.45) is -2.56. The number of piperazine rings is 1. The minimum atomic E-state index is -4.83. The van der Waals surface area contributed by atoms with E-state index in [9.17, 15) is 21.6 Å². The zero-order valence-electron chi connectivity index (χ0n) is 18.2. The molecule has 0 spiro atoms. The molecule has 0 amide bonds. The summed E-state index contributed by atoms with van der Waals surface area (Å²) in [6.45, 7) is 5.52. The van der Waals surface area contributed by atoms with E-state index in [1.807, 2.05) is 17.0 Å². The quantitative estimate of drug-likeness (QED) is 0.644. The monoisotopic (exact) mass is 485 g/mol. The zero-order chi connectivity index (χ0) is 23.6. The first-order valence-electron chi connectivity index (χ1n) is 10.8. The van der Waals surface area contributed by atoms with Crippen molar-refractivity contribution in [1.29, 1.82) is 0 Å². The number of hydrogen-bond donors (Lipinski definition) is 0. The molecule has 1 aromatic heterocycles. The first kappa shape index (κ1) is 23.6. The lowest BCUT2D eigenvalue weighted by molar-refractivity contribution is -0.274. The molecule has 2 aliphatic rings. The smallest absolute Gasteiger partial charge is 0.406 e. The van der Waals surface area contributed by atoms with E-state index in [-0.39, 0.29) is 18.0 Å². The number of benzene rings is 1. The highest BCUT2D eigenvalue weighted by molar-refractivity contribution is 7.89. The van der Waals surface area contributed by atoms with Crippen LogP contribution in [-0.4, -0.2) is 68.6 Å². The molecule has 1 aromatic carbocycles. The average Bonchev–Trinajstić information content (AvgIpc) is 2.79. The topological polar surface area (TPSA) is 78.9 Å². The van der Waals surface area contributed by atoms with Crippen LogP contribution in [0, 0.1) is 5.92 Å². The number of sulfonamides is 1. The van der Waals surface area contributed by atoms with Crippen molar-refractivity contribution < 1.29 is 26.3 Å². The molecule has 4 rings (SSSR count). The van der Waals surface area contributed by atoms with Gasteiger partial charge in [-0.05, 0) is 55.2 Å². The van der Waals surface area contributed by atoms with Crippen molar-refractivity contribution in [1.82, 2.24) is 14.5 Å². The Hall–Kier alpha value is -2.60. The summed E-state index contributed by atoms with van der Waals surface area (Å²) in [7, 11) is -3.83. The van der Waals surface area contributed by atoms with E-state index in [0.717, 1.165) is 61.9 Å². The summed E-state index contributed by atoms with van der Waals surface area (Å²) in [5.41, 5.74) is 0. The molecule has 0 atom stereocenters. The Kier molecular flexibility index (Phi) is 6.66. The van der Waals surface area contributed by atoms with Crippen LogP contribution in [0.1, 0.15) is 19.8 Å². The van der Waals surface area contributed by atoms with Gasteiger partial charge in [0, 0.05) is 39.3 Å². The van der Waals surface area contributed by atoms with Gasteiger partial charge in [0.15, 0.2) is 11.6 Å². The van der Waals surface area contributed by atoms with Crippen LogP contribution in [0.5, 0.6) is 5.75 Å². The van der Waals surface area contributed by atoms with Crippen molar-refractivity contribution in [2.24, 2.45) is 5.92 Å². The molecule has 0 N–H and O–H groups in total. The highest BCUT2D eigenvalue weighted by Gasteiger charge is 2.32. The van der Waals surface area contributed by atoms with Gasteiger partial charge in [0.1, 0.15) is 5.75 Å². The molecular formula is C21H26F3N5O3S. The normalized spacial score (nSPS) is 19.0. The molecule has 33 heavy (non-hydrogen) atoms. The van der Waals surface area contributed by atoms with Gasteiger partial charge in [-0.3, -0.25) is 0 Å². The predicted octanol–water partition coefficient (Wildman–Crippen LogP) is 3.12. The minimum absolute atomic E-state index is 0.0783. The Morgan fingerprint density at radius 3 is 1.85 bits per heavy atom. The molecular weight excluding hydrogens is 459 g/mol. The third-order valence-electron chi connectivity index (χ3n) is 6.00. The zero-order valence-corrected chi connectivity index (χ0v) is 19.0. The van der Waals surface area contributed by atoms with Crippen molar-refractivity contribution in [2.45, 2.75) is 31.0 Å². The number of aromatic nitrogens is 2. The number of rotatable bonds is 5. The highest BCUT2D eigenvalue weighted by atomic mass is 32.2. The second kappa shape index (κ2) is 9.34. The highest BCUT2D eigenvalue weighted by Crippen LogP contribution is 2.26. The van der Waals surface area contributed by atoms with E-state index in [0.29, 0.717) is 18.9 Å². The van der Waals surface area contributed by atoms with Gasteiger partial charge in [0.25, 0.3) is 0 Å². The van der Waals surface area contributed by atoms with Crippen LogP contribution in [0.15, 0.2) is 41.3 Å².